The van der Waals surface area contributed by atoms with Gasteiger partial charge in [0.25, 0.3) is 0 Å². The molecule has 90 valence electrons. The Kier molecular flexibility index (Phi) is 2.01. The highest BCUT2D eigenvalue weighted by Crippen LogP contribution is 2.39. The van der Waals surface area contributed by atoms with E-state index in [9.17, 15) is 10.2 Å². The van der Waals surface area contributed by atoms with Crippen LogP contribution in [0.1, 0.15) is 0 Å². The summed E-state index contributed by atoms with van der Waals surface area (Å²) < 4.78 is 0. The van der Waals surface area contributed by atoms with Gasteiger partial charge in [-0.1, -0.05) is 6.07 Å². The van der Waals surface area contributed by atoms with Crippen molar-refractivity contribution in [2.75, 3.05) is 11.5 Å². The van der Waals surface area contributed by atoms with Crippen molar-refractivity contribution in [2.45, 2.75) is 0 Å². The molecule has 0 aromatic heterocycles. The van der Waals surface area contributed by atoms with E-state index in [4.69, 9.17) is 11.5 Å². The molecule has 0 unspecified atom stereocenters. The fourth-order valence-corrected chi connectivity index (χ4v) is 2.15. The van der Waals surface area contributed by atoms with Crippen molar-refractivity contribution in [1.29, 1.82) is 0 Å². The summed E-state index contributed by atoms with van der Waals surface area (Å²) in [5.41, 5.74) is 12.0. The number of nitrogens with two attached hydrogens (primary N) is 2. The lowest BCUT2D eigenvalue weighted by Gasteiger charge is -2.08. The summed E-state index contributed by atoms with van der Waals surface area (Å²) in [5, 5.41) is 22.8. The molecular weight excluding hydrogens is 228 g/mol. The molecule has 0 aliphatic rings. The summed E-state index contributed by atoms with van der Waals surface area (Å²) in [6.45, 7) is 0. The van der Waals surface area contributed by atoms with E-state index in [1.807, 2.05) is 24.3 Å². The van der Waals surface area contributed by atoms with Crippen LogP contribution in [0.4, 0.5) is 11.4 Å². The molecule has 4 heteroatoms. The molecule has 0 fully saturated rings. The highest BCUT2D eigenvalue weighted by molar-refractivity contribution is 6.04. The van der Waals surface area contributed by atoms with Crippen molar-refractivity contribution in [3.63, 3.8) is 0 Å². The first-order chi connectivity index (χ1) is 8.56. The number of benzene rings is 3. The Morgan fingerprint density at radius 3 is 2.33 bits per heavy atom. The second-order valence-electron chi connectivity index (χ2n) is 4.34. The van der Waals surface area contributed by atoms with Gasteiger partial charge in [0.1, 0.15) is 17.2 Å². The predicted octanol–water partition coefficient (Wildman–Crippen LogP) is 2.57. The van der Waals surface area contributed by atoms with Gasteiger partial charge in [-0.25, -0.2) is 0 Å². The van der Waals surface area contributed by atoms with Gasteiger partial charge < -0.3 is 21.7 Å². The molecule has 0 amide bonds. The van der Waals surface area contributed by atoms with Crippen molar-refractivity contribution in [3.05, 3.63) is 36.4 Å². The Morgan fingerprint density at radius 1 is 0.778 bits per heavy atom. The van der Waals surface area contributed by atoms with Gasteiger partial charge in [-0.05, 0) is 46.5 Å². The zero-order valence-electron chi connectivity index (χ0n) is 9.51. The average molecular weight is 240 g/mol. The molecule has 0 heterocycles. The van der Waals surface area contributed by atoms with Crippen molar-refractivity contribution in [1.82, 2.24) is 0 Å². The van der Waals surface area contributed by atoms with Gasteiger partial charge in [-0.3, -0.25) is 0 Å². The van der Waals surface area contributed by atoms with E-state index in [1.165, 1.54) is 6.07 Å². The highest BCUT2D eigenvalue weighted by Gasteiger charge is 2.10. The molecule has 0 aliphatic carbocycles. The quantitative estimate of drug-likeness (QED) is 0.276. The number of hydrogen-bond acceptors (Lipinski definition) is 4. The minimum Gasteiger partial charge on any atom is -0.506 e. The zero-order chi connectivity index (χ0) is 12.9. The SMILES string of the molecule is Nc1ccc2cc3c(O)c(N)c(O)cc3cc2c1. The van der Waals surface area contributed by atoms with Crippen LogP contribution >= 0.6 is 0 Å². The third-order valence-corrected chi connectivity index (χ3v) is 3.11. The monoisotopic (exact) mass is 240 g/mol. The standard InChI is InChI=1S/C14H12N2O2/c15-10-2-1-7-5-11-9(3-8(7)4-10)6-12(17)13(16)14(11)18/h1-6,17-18H,15-16H2. The van der Waals surface area contributed by atoms with Gasteiger partial charge in [-0.15, -0.1) is 0 Å². The number of nitrogen functional groups attached to an aromatic ring is 2. The molecule has 0 saturated carbocycles. The molecule has 0 spiro atoms. The zero-order valence-corrected chi connectivity index (χ0v) is 9.51. The molecule has 4 nitrogen and oxygen atoms in total. The van der Waals surface area contributed by atoms with Gasteiger partial charge in [0.05, 0.1) is 0 Å². The first kappa shape index (κ1) is 10.5. The summed E-state index contributed by atoms with van der Waals surface area (Å²) in [5.74, 6) is -0.216. The number of phenolic OH excluding ortho intramolecular Hbond substituents is 2. The first-order valence-corrected chi connectivity index (χ1v) is 5.49. The van der Waals surface area contributed by atoms with Crippen LogP contribution in [0, 0.1) is 0 Å². The van der Waals surface area contributed by atoms with Gasteiger partial charge in [0.15, 0.2) is 0 Å². The van der Waals surface area contributed by atoms with Crippen LogP contribution in [0.2, 0.25) is 0 Å². The number of anilines is 2. The van der Waals surface area contributed by atoms with Crippen molar-refractivity contribution in [3.8, 4) is 11.5 Å². The molecule has 18 heavy (non-hydrogen) atoms. The van der Waals surface area contributed by atoms with Gasteiger partial charge in [0, 0.05) is 11.1 Å². The molecule has 3 aromatic carbocycles. The van der Waals surface area contributed by atoms with E-state index < -0.39 is 0 Å². The fourth-order valence-electron chi connectivity index (χ4n) is 2.15. The molecule has 0 aliphatic heterocycles. The summed E-state index contributed by atoms with van der Waals surface area (Å²) in [4.78, 5) is 0. The highest BCUT2D eigenvalue weighted by atomic mass is 16.3. The molecule has 3 aromatic rings. The predicted molar refractivity (Wildman–Crippen MR) is 73.6 cm³/mol. The minimum atomic E-state index is -0.122. The van der Waals surface area contributed by atoms with Crippen molar-refractivity contribution >= 4 is 32.9 Å². The second kappa shape index (κ2) is 3.43. The Labute approximate surface area is 103 Å². The van der Waals surface area contributed by atoms with Crippen LogP contribution in [0.3, 0.4) is 0 Å². The average Bonchev–Trinajstić information content (AvgIpc) is 2.34. The van der Waals surface area contributed by atoms with E-state index in [-0.39, 0.29) is 17.2 Å². The van der Waals surface area contributed by atoms with Gasteiger partial charge in [-0.2, -0.15) is 0 Å². The van der Waals surface area contributed by atoms with E-state index in [0.29, 0.717) is 11.1 Å². The maximum atomic E-state index is 9.94. The lowest BCUT2D eigenvalue weighted by atomic mass is 10.0. The molecule has 0 bridgehead atoms. The Balaban J connectivity index is 2.49. The maximum absolute atomic E-state index is 9.94. The molecule has 0 atom stereocenters. The lowest BCUT2D eigenvalue weighted by Crippen LogP contribution is -1.89. The molecular formula is C14H12N2O2. The summed E-state index contributed by atoms with van der Waals surface area (Å²) in [6.07, 6.45) is 0. The number of hydrogen-bond donors (Lipinski definition) is 4. The number of aromatic hydroxyl groups is 2. The topological polar surface area (TPSA) is 92.5 Å². The normalized spacial score (nSPS) is 11.1. The minimum absolute atomic E-state index is 0.00250. The summed E-state index contributed by atoms with van der Waals surface area (Å²) >= 11 is 0. The molecule has 3 rings (SSSR count). The van der Waals surface area contributed by atoms with E-state index in [0.717, 1.165) is 16.2 Å². The second-order valence-corrected chi connectivity index (χ2v) is 4.34. The van der Waals surface area contributed by atoms with Crippen LogP contribution in [-0.4, -0.2) is 10.2 Å². The van der Waals surface area contributed by atoms with Crippen LogP contribution < -0.4 is 11.5 Å². The van der Waals surface area contributed by atoms with E-state index in [2.05, 4.69) is 0 Å². The van der Waals surface area contributed by atoms with Crippen LogP contribution in [-0.2, 0) is 0 Å². The third kappa shape index (κ3) is 1.39. The van der Waals surface area contributed by atoms with Crippen LogP contribution in [0.15, 0.2) is 36.4 Å². The van der Waals surface area contributed by atoms with Gasteiger partial charge >= 0.3 is 0 Å². The lowest BCUT2D eigenvalue weighted by molar-refractivity contribution is 0.460. The van der Waals surface area contributed by atoms with Gasteiger partial charge in [0.2, 0.25) is 0 Å². The molecule has 0 radical (unpaired) electrons. The Morgan fingerprint density at radius 2 is 1.56 bits per heavy atom. The van der Waals surface area contributed by atoms with Crippen molar-refractivity contribution in [2.24, 2.45) is 0 Å². The maximum Gasteiger partial charge on any atom is 0.150 e. The molecule has 0 saturated heterocycles. The van der Waals surface area contributed by atoms with Crippen molar-refractivity contribution < 1.29 is 10.2 Å². The number of fused-ring (bicyclic) bond motifs is 2. The van der Waals surface area contributed by atoms with E-state index >= 15 is 0 Å². The largest absolute Gasteiger partial charge is 0.506 e. The third-order valence-electron chi connectivity index (χ3n) is 3.11. The number of phenols is 2. The summed E-state index contributed by atoms with van der Waals surface area (Å²) in [6, 6.07) is 10.8. The summed E-state index contributed by atoms with van der Waals surface area (Å²) in [7, 11) is 0. The first-order valence-electron chi connectivity index (χ1n) is 5.49. The Bertz CT molecular complexity index is 782. The fraction of sp³-hybridized carbons (Fsp3) is 0. The number of rotatable bonds is 0. The smallest absolute Gasteiger partial charge is 0.150 e. The van der Waals surface area contributed by atoms with Crippen LogP contribution in [0.25, 0.3) is 21.5 Å². The van der Waals surface area contributed by atoms with Crippen LogP contribution in [0.5, 0.6) is 11.5 Å². The van der Waals surface area contributed by atoms with E-state index in [1.54, 1.807) is 6.07 Å². The Hall–Kier alpha value is -2.62. The molecule has 6 N–H and O–H groups in total.